The first-order chi connectivity index (χ1) is 15.0. The summed E-state index contributed by atoms with van der Waals surface area (Å²) in [6.45, 7) is 4.45. The molecule has 5 rings (SSSR count). The molecule has 5 heteroatoms. The fraction of sp³-hybridized carbons (Fsp3) is 0.192. The lowest BCUT2D eigenvalue weighted by Crippen LogP contribution is -2.11. The Morgan fingerprint density at radius 3 is 2.55 bits per heavy atom. The van der Waals surface area contributed by atoms with E-state index in [1.165, 1.54) is 17.6 Å². The molecule has 3 aromatic carbocycles. The number of allylic oxidation sites excluding steroid dienone is 1. The van der Waals surface area contributed by atoms with Crippen molar-refractivity contribution in [2.45, 2.75) is 36.0 Å². The molecule has 31 heavy (non-hydrogen) atoms. The third-order valence-corrected chi connectivity index (χ3v) is 7.20. The number of ether oxygens (including phenoxy) is 1. The molecular formula is C26H21NO3S. The van der Waals surface area contributed by atoms with Crippen LogP contribution in [0.5, 0.6) is 0 Å². The predicted molar refractivity (Wildman–Crippen MR) is 124 cm³/mol. The maximum Gasteiger partial charge on any atom is 0.344 e. The van der Waals surface area contributed by atoms with Crippen LogP contribution in [0.15, 0.2) is 75.0 Å². The highest BCUT2D eigenvalue weighted by atomic mass is 32.2. The van der Waals surface area contributed by atoms with Crippen LogP contribution >= 0.6 is 11.8 Å². The average Bonchev–Trinajstić information content (AvgIpc) is 3.29. The van der Waals surface area contributed by atoms with Crippen molar-refractivity contribution in [2.24, 2.45) is 4.99 Å². The summed E-state index contributed by atoms with van der Waals surface area (Å²) in [7, 11) is 1.28. The van der Waals surface area contributed by atoms with Gasteiger partial charge in [-0.05, 0) is 47.1 Å². The minimum absolute atomic E-state index is 0.0241. The summed E-state index contributed by atoms with van der Waals surface area (Å²) in [5, 5.41) is 2.12. The number of aliphatic imine (C=N–C) groups is 1. The largest absolute Gasteiger partial charge is 0.465 e. The predicted octanol–water partition coefficient (Wildman–Crippen LogP) is 5.77. The summed E-state index contributed by atoms with van der Waals surface area (Å²) in [6, 6.07) is 18.8. The highest BCUT2D eigenvalue weighted by Crippen LogP contribution is 2.46. The third-order valence-electron chi connectivity index (χ3n) is 6.12. The van der Waals surface area contributed by atoms with E-state index in [0.717, 1.165) is 33.2 Å². The third kappa shape index (κ3) is 3.03. The molecule has 0 fully saturated rings. The van der Waals surface area contributed by atoms with Gasteiger partial charge in [0.25, 0.3) is 5.91 Å². The van der Waals surface area contributed by atoms with E-state index < -0.39 is 11.9 Å². The number of benzene rings is 3. The van der Waals surface area contributed by atoms with Crippen molar-refractivity contribution < 1.29 is 14.3 Å². The molecule has 0 bridgehead atoms. The summed E-state index contributed by atoms with van der Waals surface area (Å²) >= 11 is 1.72. The zero-order chi connectivity index (χ0) is 21.7. The lowest BCUT2D eigenvalue weighted by Gasteiger charge is -2.11. The second-order valence-electron chi connectivity index (χ2n) is 7.83. The van der Waals surface area contributed by atoms with Gasteiger partial charge in [0.05, 0.1) is 12.8 Å². The molecule has 154 valence electrons. The van der Waals surface area contributed by atoms with Crippen LogP contribution < -0.4 is 0 Å². The Morgan fingerprint density at radius 2 is 1.84 bits per heavy atom. The molecule has 1 heterocycles. The van der Waals surface area contributed by atoms with Crippen LogP contribution in [0.4, 0.5) is 0 Å². The van der Waals surface area contributed by atoms with Gasteiger partial charge in [-0.3, -0.25) is 4.79 Å². The van der Waals surface area contributed by atoms with Crippen molar-refractivity contribution in [3.8, 4) is 0 Å². The van der Waals surface area contributed by atoms with Gasteiger partial charge in [0, 0.05) is 26.3 Å². The molecule has 0 radical (unpaired) electrons. The molecule has 1 amide bonds. The first-order valence-corrected chi connectivity index (χ1v) is 11.2. The van der Waals surface area contributed by atoms with Crippen molar-refractivity contribution in [3.05, 3.63) is 76.9 Å². The first-order valence-electron chi connectivity index (χ1n) is 10.3. The molecule has 1 aliphatic carbocycles. The quantitative estimate of drug-likeness (QED) is 0.383. The zero-order valence-electron chi connectivity index (χ0n) is 17.6. The standard InChI is InChI=1S/C26H21NO3S/c1-4-14(2)15-8-10-16(11-9-15)31-20-13-12-18-21-17(20)6-5-7-19(21)24-22(18)23(25(28)27-24)26(29)30-3/h5-14H,4H2,1-3H3. The molecular weight excluding hydrogens is 406 g/mol. The number of hydrogen-bond donors (Lipinski definition) is 0. The zero-order valence-corrected chi connectivity index (χ0v) is 18.4. The molecule has 0 spiro atoms. The minimum atomic E-state index is -0.639. The fourth-order valence-corrected chi connectivity index (χ4v) is 5.23. The summed E-state index contributed by atoms with van der Waals surface area (Å²) in [6.07, 6.45) is 1.12. The van der Waals surface area contributed by atoms with Crippen molar-refractivity contribution in [1.29, 1.82) is 0 Å². The van der Waals surface area contributed by atoms with E-state index in [1.807, 2.05) is 18.2 Å². The summed E-state index contributed by atoms with van der Waals surface area (Å²) < 4.78 is 4.85. The number of carbonyl (C=O) groups is 2. The van der Waals surface area contributed by atoms with E-state index in [9.17, 15) is 9.59 Å². The molecule has 3 aromatic rings. The van der Waals surface area contributed by atoms with Gasteiger partial charge in [0.1, 0.15) is 5.57 Å². The number of amides is 1. The first kappa shape index (κ1) is 19.8. The summed E-state index contributed by atoms with van der Waals surface area (Å²) in [4.78, 5) is 31.1. The Labute approximate surface area is 185 Å². The monoisotopic (exact) mass is 427 g/mol. The average molecular weight is 428 g/mol. The van der Waals surface area contributed by atoms with Gasteiger partial charge in [0.15, 0.2) is 0 Å². The van der Waals surface area contributed by atoms with Crippen molar-refractivity contribution >= 4 is 45.7 Å². The molecule has 1 unspecified atom stereocenters. The lowest BCUT2D eigenvalue weighted by atomic mass is 9.99. The van der Waals surface area contributed by atoms with Gasteiger partial charge >= 0.3 is 5.97 Å². The van der Waals surface area contributed by atoms with Crippen LogP contribution in [0, 0.1) is 0 Å². The molecule has 0 saturated carbocycles. The van der Waals surface area contributed by atoms with Gasteiger partial charge in [-0.2, -0.15) is 0 Å². The molecule has 0 saturated heterocycles. The smallest absolute Gasteiger partial charge is 0.344 e. The van der Waals surface area contributed by atoms with Gasteiger partial charge < -0.3 is 4.74 Å². The van der Waals surface area contributed by atoms with Crippen molar-refractivity contribution in [2.75, 3.05) is 7.11 Å². The number of methoxy groups -OCH3 is 1. The Morgan fingerprint density at radius 1 is 1.06 bits per heavy atom. The van der Waals surface area contributed by atoms with E-state index in [4.69, 9.17) is 4.74 Å². The molecule has 2 aliphatic rings. The van der Waals surface area contributed by atoms with Gasteiger partial charge in [-0.25, -0.2) is 9.79 Å². The molecule has 4 nitrogen and oxygen atoms in total. The van der Waals surface area contributed by atoms with E-state index in [1.54, 1.807) is 11.8 Å². The molecule has 1 aliphatic heterocycles. The minimum Gasteiger partial charge on any atom is -0.465 e. The number of fused-ring (bicyclic) bond motifs is 3. The molecule has 0 N–H and O–H groups in total. The van der Waals surface area contributed by atoms with Gasteiger partial charge in [0.2, 0.25) is 0 Å². The van der Waals surface area contributed by atoms with E-state index in [0.29, 0.717) is 17.2 Å². The van der Waals surface area contributed by atoms with Crippen molar-refractivity contribution in [1.82, 2.24) is 0 Å². The number of hydrogen-bond acceptors (Lipinski definition) is 4. The number of esters is 1. The number of rotatable bonds is 5. The maximum absolute atomic E-state index is 12.4. The second kappa shape index (κ2) is 7.50. The molecule has 1 atom stereocenters. The van der Waals surface area contributed by atoms with Crippen LogP contribution in [-0.4, -0.2) is 24.7 Å². The fourth-order valence-electron chi connectivity index (χ4n) is 4.29. The Hall–Kier alpha value is -3.18. The Balaban J connectivity index is 1.60. The van der Waals surface area contributed by atoms with Crippen LogP contribution in [0.1, 0.15) is 42.9 Å². The number of nitrogens with zero attached hydrogens (tertiary/aromatic N) is 1. The highest BCUT2D eigenvalue weighted by Gasteiger charge is 2.39. The van der Waals surface area contributed by atoms with Crippen molar-refractivity contribution in [3.63, 3.8) is 0 Å². The Kier molecular flexibility index (Phi) is 4.78. The van der Waals surface area contributed by atoms with E-state index in [2.05, 4.69) is 55.2 Å². The number of carbonyl (C=O) groups excluding carboxylic acids is 2. The van der Waals surface area contributed by atoms with Gasteiger partial charge in [-0.15, -0.1) is 0 Å². The van der Waals surface area contributed by atoms with Gasteiger partial charge in [-0.1, -0.05) is 62.0 Å². The van der Waals surface area contributed by atoms with Crippen LogP contribution in [-0.2, 0) is 14.3 Å². The SMILES string of the molecule is CCC(C)c1ccc(Sc2ccc3c4c(cccc24)C2=NC(=O)C(C(=O)OC)=C23)cc1. The topological polar surface area (TPSA) is 55.7 Å². The maximum atomic E-state index is 12.4. The van der Waals surface area contributed by atoms with Crippen LogP contribution in [0.3, 0.4) is 0 Å². The molecule has 0 aromatic heterocycles. The highest BCUT2D eigenvalue weighted by molar-refractivity contribution is 7.99. The normalized spacial score (nSPS) is 15.3. The summed E-state index contributed by atoms with van der Waals surface area (Å²) in [5.74, 6) is -0.616. The van der Waals surface area contributed by atoms with E-state index >= 15 is 0 Å². The lowest BCUT2D eigenvalue weighted by molar-refractivity contribution is -0.137. The Bertz CT molecular complexity index is 1320. The summed E-state index contributed by atoms with van der Waals surface area (Å²) in [5.41, 5.74) is 4.31. The van der Waals surface area contributed by atoms with Crippen LogP contribution in [0.2, 0.25) is 0 Å². The van der Waals surface area contributed by atoms with E-state index in [-0.39, 0.29) is 5.57 Å². The van der Waals surface area contributed by atoms with Crippen LogP contribution in [0.25, 0.3) is 16.3 Å². The second-order valence-corrected chi connectivity index (χ2v) is 8.94.